The molecule has 0 N–H and O–H groups in total. The molecule has 1 saturated heterocycles. The first-order valence-corrected chi connectivity index (χ1v) is 10.9. The lowest BCUT2D eigenvalue weighted by Gasteiger charge is -2.39. The molecule has 3 aromatic heterocycles. The van der Waals surface area contributed by atoms with E-state index in [0.717, 1.165) is 45.2 Å². The summed E-state index contributed by atoms with van der Waals surface area (Å²) in [5.74, 6) is 0. The molecule has 1 atom stereocenters. The number of aromatic nitrogens is 4. The van der Waals surface area contributed by atoms with Gasteiger partial charge in [-0.3, -0.25) is 19.1 Å². The predicted molar refractivity (Wildman–Crippen MR) is 125 cm³/mol. The third-order valence-electron chi connectivity index (χ3n) is 6.59. The predicted octanol–water partition coefficient (Wildman–Crippen LogP) is 4.08. The fraction of sp³-hybridized carbons (Fsp3) is 0.400. The normalized spacial score (nSPS) is 18.4. The van der Waals surface area contributed by atoms with Crippen molar-refractivity contribution in [3.63, 3.8) is 0 Å². The highest BCUT2D eigenvalue weighted by molar-refractivity contribution is 6.04. The Bertz CT molecular complexity index is 1350. The molecule has 7 nitrogen and oxygen atoms in total. The minimum absolute atomic E-state index is 0.00902. The van der Waals surface area contributed by atoms with Crippen LogP contribution < -0.4 is 5.69 Å². The quantitative estimate of drug-likeness (QED) is 0.486. The molecule has 0 saturated carbocycles. The summed E-state index contributed by atoms with van der Waals surface area (Å²) in [6, 6.07) is 10.3. The van der Waals surface area contributed by atoms with Crippen LogP contribution in [0.5, 0.6) is 0 Å². The molecule has 0 bridgehead atoms. The number of hydrogen-bond acceptors (Lipinski definition) is 5. The molecule has 4 heterocycles. The number of aryl methyl sites for hydroxylation is 1. The summed E-state index contributed by atoms with van der Waals surface area (Å²) in [5, 5.41) is 0.973. The number of methoxy groups -OCH3 is 1. The van der Waals surface area contributed by atoms with Crippen LogP contribution in [0, 0.1) is 5.41 Å². The van der Waals surface area contributed by atoms with Gasteiger partial charge in [-0.25, -0.2) is 4.79 Å². The summed E-state index contributed by atoms with van der Waals surface area (Å²) in [7, 11) is 3.49. The van der Waals surface area contributed by atoms with Crippen molar-refractivity contribution in [1.29, 1.82) is 0 Å². The molecule has 166 valence electrons. The van der Waals surface area contributed by atoms with Crippen LogP contribution in [0.15, 0.2) is 47.5 Å². The van der Waals surface area contributed by atoms with E-state index in [1.54, 1.807) is 11.7 Å². The molecule has 5 rings (SSSR count). The maximum Gasteiger partial charge on any atom is 0.329 e. The van der Waals surface area contributed by atoms with Crippen molar-refractivity contribution in [3.8, 4) is 11.1 Å². The molecule has 0 unspecified atom stereocenters. The lowest BCUT2D eigenvalue weighted by atomic mass is 9.81. The fourth-order valence-corrected chi connectivity index (χ4v) is 4.82. The minimum atomic E-state index is -0.148. The molecule has 1 aromatic carbocycles. The average Bonchev–Trinajstić information content (AvgIpc) is 3.04. The first-order chi connectivity index (χ1) is 15.4. The Kier molecular flexibility index (Phi) is 5.10. The Hall–Kier alpha value is -3.03. The summed E-state index contributed by atoms with van der Waals surface area (Å²) >= 11 is 0. The first-order valence-electron chi connectivity index (χ1n) is 10.9. The number of nitrogens with zero attached hydrogens (tertiary/aromatic N) is 4. The standard InChI is InChI=1S/C25H28N4O3/c1-25(2)15-32-10-9-22(25)29-23-19-11-16(17-5-7-18(14-31-4)26-12-17)6-8-20(19)27-13-21(23)28(3)24(29)30/h5-8,11-13,22H,9-10,14-15H2,1-4H3/t22-/m1/s1. The second kappa shape index (κ2) is 7.83. The Morgan fingerprint density at radius 3 is 2.69 bits per heavy atom. The van der Waals surface area contributed by atoms with Crippen molar-refractivity contribution in [3.05, 3.63) is 58.9 Å². The van der Waals surface area contributed by atoms with Gasteiger partial charge in [0, 0.05) is 49.4 Å². The summed E-state index contributed by atoms with van der Waals surface area (Å²) in [6.45, 7) is 6.12. The van der Waals surface area contributed by atoms with Crippen LogP contribution in [0.25, 0.3) is 33.1 Å². The number of pyridine rings is 2. The number of imidazole rings is 1. The molecular weight excluding hydrogens is 404 g/mol. The minimum Gasteiger partial charge on any atom is -0.381 e. The largest absolute Gasteiger partial charge is 0.381 e. The molecule has 1 fully saturated rings. The zero-order valence-electron chi connectivity index (χ0n) is 19.0. The van der Waals surface area contributed by atoms with Crippen LogP contribution in [0.4, 0.5) is 0 Å². The number of fused-ring (bicyclic) bond motifs is 3. The van der Waals surface area contributed by atoms with Gasteiger partial charge in [0.15, 0.2) is 0 Å². The third-order valence-corrected chi connectivity index (χ3v) is 6.59. The smallest absolute Gasteiger partial charge is 0.329 e. The van der Waals surface area contributed by atoms with E-state index >= 15 is 0 Å². The van der Waals surface area contributed by atoms with E-state index in [2.05, 4.69) is 42.0 Å². The van der Waals surface area contributed by atoms with Gasteiger partial charge in [-0.05, 0) is 30.2 Å². The summed E-state index contributed by atoms with van der Waals surface area (Å²) in [5.41, 5.74) is 5.44. The highest BCUT2D eigenvalue weighted by atomic mass is 16.5. The Balaban J connectivity index is 1.74. The molecule has 0 radical (unpaired) electrons. The number of ether oxygens (including phenoxy) is 2. The van der Waals surface area contributed by atoms with Crippen LogP contribution in [0.2, 0.25) is 0 Å². The van der Waals surface area contributed by atoms with Gasteiger partial charge < -0.3 is 9.47 Å². The van der Waals surface area contributed by atoms with Crippen molar-refractivity contribution >= 4 is 21.9 Å². The highest BCUT2D eigenvalue weighted by Crippen LogP contribution is 2.40. The fourth-order valence-electron chi connectivity index (χ4n) is 4.82. The molecule has 4 aromatic rings. The van der Waals surface area contributed by atoms with E-state index in [1.165, 1.54) is 0 Å². The second-order valence-corrected chi connectivity index (χ2v) is 9.25. The van der Waals surface area contributed by atoms with Crippen LogP contribution in [0.3, 0.4) is 0 Å². The molecule has 0 amide bonds. The van der Waals surface area contributed by atoms with E-state index in [4.69, 9.17) is 9.47 Å². The van der Waals surface area contributed by atoms with E-state index < -0.39 is 0 Å². The lowest BCUT2D eigenvalue weighted by Crippen LogP contribution is -2.41. The highest BCUT2D eigenvalue weighted by Gasteiger charge is 2.37. The van der Waals surface area contributed by atoms with Crippen molar-refractivity contribution in [1.82, 2.24) is 19.1 Å². The first kappa shape index (κ1) is 20.8. The molecule has 32 heavy (non-hydrogen) atoms. The summed E-state index contributed by atoms with van der Waals surface area (Å²) in [4.78, 5) is 22.6. The SMILES string of the molecule is COCc1ccc(-c2ccc3ncc4c(c3c2)n([C@@H]2CCOCC2(C)C)c(=O)n4C)cn1. The van der Waals surface area contributed by atoms with Gasteiger partial charge >= 0.3 is 5.69 Å². The van der Waals surface area contributed by atoms with Crippen LogP contribution >= 0.6 is 0 Å². The number of hydrogen-bond donors (Lipinski definition) is 0. The van der Waals surface area contributed by atoms with Crippen molar-refractivity contribution in [2.75, 3.05) is 20.3 Å². The molecule has 1 aliphatic heterocycles. The van der Waals surface area contributed by atoms with Crippen molar-refractivity contribution < 1.29 is 9.47 Å². The second-order valence-electron chi connectivity index (χ2n) is 9.25. The lowest BCUT2D eigenvalue weighted by molar-refractivity contribution is -0.0253. The van der Waals surface area contributed by atoms with E-state index in [-0.39, 0.29) is 17.1 Å². The maximum absolute atomic E-state index is 13.4. The van der Waals surface area contributed by atoms with Crippen molar-refractivity contribution in [2.45, 2.75) is 32.9 Å². The van der Waals surface area contributed by atoms with Gasteiger partial charge in [0.05, 0.1) is 41.7 Å². The molecule has 0 aliphatic carbocycles. The molecule has 1 aliphatic rings. The van der Waals surface area contributed by atoms with Gasteiger partial charge in [-0.2, -0.15) is 0 Å². The van der Waals surface area contributed by atoms with Gasteiger partial charge in [-0.15, -0.1) is 0 Å². The monoisotopic (exact) mass is 432 g/mol. The van der Waals surface area contributed by atoms with Crippen LogP contribution in [-0.2, 0) is 23.1 Å². The van der Waals surface area contributed by atoms with E-state index in [9.17, 15) is 4.79 Å². The Labute approximate surface area is 186 Å². The van der Waals surface area contributed by atoms with Gasteiger partial charge in [0.1, 0.15) is 0 Å². The van der Waals surface area contributed by atoms with Gasteiger partial charge in [-0.1, -0.05) is 26.0 Å². The molecular formula is C25H28N4O3. The van der Waals surface area contributed by atoms with Crippen LogP contribution in [0.1, 0.15) is 32.0 Å². The van der Waals surface area contributed by atoms with Crippen molar-refractivity contribution in [2.24, 2.45) is 12.5 Å². The summed E-state index contributed by atoms with van der Waals surface area (Å²) in [6.07, 6.45) is 4.48. The average molecular weight is 433 g/mol. The topological polar surface area (TPSA) is 71.2 Å². The number of benzene rings is 1. The number of rotatable bonds is 4. The molecule has 0 spiro atoms. The summed E-state index contributed by atoms with van der Waals surface area (Å²) < 4.78 is 14.6. The third kappa shape index (κ3) is 3.32. The Morgan fingerprint density at radius 1 is 1.16 bits per heavy atom. The molecule has 7 heteroatoms. The van der Waals surface area contributed by atoms with E-state index in [0.29, 0.717) is 19.8 Å². The Morgan fingerprint density at radius 2 is 1.97 bits per heavy atom. The van der Waals surface area contributed by atoms with Gasteiger partial charge in [0.25, 0.3) is 0 Å². The van der Waals surface area contributed by atoms with Gasteiger partial charge in [0.2, 0.25) is 0 Å². The zero-order valence-corrected chi connectivity index (χ0v) is 19.0. The van der Waals surface area contributed by atoms with Crippen LogP contribution in [-0.4, -0.2) is 39.4 Å². The van der Waals surface area contributed by atoms with E-state index in [1.807, 2.05) is 36.1 Å². The zero-order chi connectivity index (χ0) is 22.5. The maximum atomic E-state index is 13.4.